The zero-order valence-electron chi connectivity index (χ0n) is 15.3. The highest BCUT2D eigenvalue weighted by atomic mass is 19.1. The first-order valence-corrected chi connectivity index (χ1v) is 8.36. The molecule has 0 radical (unpaired) electrons. The van der Waals surface area contributed by atoms with Crippen LogP contribution in [0.1, 0.15) is 12.0 Å². The van der Waals surface area contributed by atoms with Gasteiger partial charge >= 0.3 is 0 Å². The number of methoxy groups -OCH3 is 2. The fourth-order valence-corrected chi connectivity index (χ4v) is 2.47. The molecule has 0 bridgehead atoms. The zero-order valence-corrected chi connectivity index (χ0v) is 15.3. The van der Waals surface area contributed by atoms with Gasteiger partial charge in [0.05, 0.1) is 20.8 Å². The number of hydrogen-bond donors (Lipinski definition) is 0. The molecule has 0 aliphatic carbocycles. The lowest BCUT2D eigenvalue weighted by atomic mass is 10.1. The van der Waals surface area contributed by atoms with E-state index < -0.39 is 0 Å². The number of nitrogens with zero attached hydrogens (tertiary/aromatic N) is 1. The van der Waals surface area contributed by atoms with Crippen molar-refractivity contribution in [3.05, 3.63) is 53.8 Å². The summed E-state index contributed by atoms with van der Waals surface area (Å²) >= 11 is 0. The Morgan fingerprint density at radius 3 is 2.38 bits per heavy atom. The Balaban J connectivity index is 1.80. The minimum Gasteiger partial charge on any atom is -0.497 e. The SMILES string of the molecule is COc1ccc(OC)c(CCC(=O)N(C)CCOc2ccc(F)cc2)c1. The van der Waals surface area contributed by atoms with Gasteiger partial charge in [-0.25, -0.2) is 4.39 Å². The molecule has 5 nitrogen and oxygen atoms in total. The van der Waals surface area contributed by atoms with Gasteiger partial charge in [0.1, 0.15) is 29.7 Å². The van der Waals surface area contributed by atoms with Crippen LogP contribution in [0.2, 0.25) is 0 Å². The molecule has 0 aliphatic heterocycles. The van der Waals surface area contributed by atoms with Crippen molar-refractivity contribution in [2.24, 2.45) is 0 Å². The molecule has 6 heteroatoms. The lowest BCUT2D eigenvalue weighted by molar-refractivity contribution is -0.130. The van der Waals surface area contributed by atoms with Crippen LogP contribution in [0, 0.1) is 5.82 Å². The minimum absolute atomic E-state index is 0.0116. The largest absolute Gasteiger partial charge is 0.497 e. The van der Waals surface area contributed by atoms with Crippen molar-refractivity contribution in [2.45, 2.75) is 12.8 Å². The predicted molar refractivity (Wildman–Crippen MR) is 97.4 cm³/mol. The van der Waals surface area contributed by atoms with Crippen LogP contribution in [-0.2, 0) is 11.2 Å². The molecule has 0 aliphatic rings. The van der Waals surface area contributed by atoms with E-state index in [2.05, 4.69) is 0 Å². The second-order valence-electron chi connectivity index (χ2n) is 5.80. The first kappa shape index (κ1) is 19.6. The monoisotopic (exact) mass is 361 g/mol. The highest BCUT2D eigenvalue weighted by Crippen LogP contribution is 2.25. The standard InChI is InChI=1S/C20H24FNO4/c1-22(12-13-26-17-7-5-16(21)6-8-17)20(23)11-4-15-14-18(24-2)9-10-19(15)25-3/h5-10,14H,4,11-13H2,1-3H3. The summed E-state index contributed by atoms with van der Waals surface area (Å²) < 4.78 is 28.9. The van der Waals surface area contributed by atoms with E-state index in [0.717, 1.165) is 17.1 Å². The van der Waals surface area contributed by atoms with Crippen LogP contribution >= 0.6 is 0 Å². The first-order valence-electron chi connectivity index (χ1n) is 8.36. The molecule has 0 fully saturated rings. The Labute approximate surface area is 153 Å². The third kappa shape index (κ3) is 5.65. The van der Waals surface area contributed by atoms with Crippen LogP contribution in [0.25, 0.3) is 0 Å². The van der Waals surface area contributed by atoms with Gasteiger partial charge in [0.15, 0.2) is 0 Å². The summed E-state index contributed by atoms with van der Waals surface area (Å²) in [6.45, 7) is 0.793. The van der Waals surface area contributed by atoms with Crippen LogP contribution < -0.4 is 14.2 Å². The summed E-state index contributed by atoms with van der Waals surface area (Å²) in [6, 6.07) is 11.3. The second-order valence-corrected chi connectivity index (χ2v) is 5.80. The first-order chi connectivity index (χ1) is 12.5. The number of carbonyl (C=O) groups excluding carboxylic acids is 1. The van der Waals surface area contributed by atoms with Crippen LogP contribution in [0.15, 0.2) is 42.5 Å². The molecule has 0 aromatic heterocycles. The zero-order chi connectivity index (χ0) is 18.9. The molecular formula is C20H24FNO4. The average Bonchev–Trinajstić information content (AvgIpc) is 2.67. The fraction of sp³-hybridized carbons (Fsp3) is 0.350. The molecule has 2 aromatic carbocycles. The second kappa shape index (κ2) is 9.65. The van der Waals surface area contributed by atoms with Gasteiger partial charge in [-0.2, -0.15) is 0 Å². The Bertz CT molecular complexity index is 718. The molecule has 0 atom stereocenters. The lowest BCUT2D eigenvalue weighted by Crippen LogP contribution is -2.31. The Hall–Kier alpha value is -2.76. The van der Waals surface area contributed by atoms with Gasteiger partial charge in [-0.1, -0.05) is 0 Å². The van der Waals surface area contributed by atoms with Gasteiger partial charge in [-0.05, 0) is 54.4 Å². The van der Waals surface area contributed by atoms with Gasteiger partial charge in [0, 0.05) is 13.5 Å². The maximum Gasteiger partial charge on any atom is 0.222 e. The molecule has 0 saturated carbocycles. The van der Waals surface area contributed by atoms with Crippen LogP contribution in [0.5, 0.6) is 17.2 Å². The molecule has 0 heterocycles. The van der Waals surface area contributed by atoms with Crippen LogP contribution in [-0.4, -0.2) is 45.2 Å². The van der Waals surface area contributed by atoms with Crippen molar-refractivity contribution in [2.75, 3.05) is 34.4 Å². The van der Waals surface area contributed by atoms with Gasteiger partial charge < -0.3 is 19.1 Å². The summed E-state index contributed by atoms with van der Waals surface area (Å²) in [5.74, 6) is 1.75. The van der Waals surface area contributed by atoms with E-state index in [1.807, 2.05) is 18.2 Å². The number of hydrogen-bond acceptors (Lipinski definition) is 4. The van der Waals surface area contributed by atoms with E-state index in [0.29, 0.717) is 31.7 Å². The minimum atomic E-state index is -0.308. The van der Waals surface area contributed by atoms with E-state index >= 15 is 0 Å². The van der Waals surface area contributed by atoms with Crippen molar-refractivity contribution in [1.29, 1.82) is 0 Å². The number of rotatable bonds is 9. The smallest absolute Gasteiger partial charge is 0.222 e. The summed E-state index contributed by atoms with van der Waals surface area (Å²) in [5, 5.41) is 0. The molecule has 140 valence electrons. The predicted octanol–water partition coefficient (Wildman–Crippen LogP) is 3.31. The van der Waals surface area contributed by atoms with E-state index in [1.54, 1.807) is 38.3 Å². The van der Waals surface area contributed by atoms with Gasteiger partial charge in [-0.3, -0.25) is 4.79 Å². The number of ether oxygens (including phenoxy) is 3. The Morgan fingerprint density at radius 1 is 1.04 bits per heavy atom. The van der Waals surface area contributed by atoms with Crippen molar-refractivity contribution < 1.29 is 23.4 Å². The quantitative estimate of drug-likeness (QED) is 0.688. The van der Waals surface area contributed by atoms with Crippen LogP contribution in [0.4, 0.5) is 4.39 Å². The molecular weight excluding hydrogens is 337 g/mol. The van der Waals surface area contributed by atoms with Crippen molar-refractivity contribution >= 4 is 5.91 Å². The highest BCUT2D eigenvalue weighted by molar-refractivity contribution is 5.76. The summed E-state index contributed by atoms with van der Waals surface area (Å²) in [5.41, 5.74) is 0.927. The van der Waals surface area contributed by atoms with Crippen molar-refractivity contribution in [3.63, 3.8) is 0 Å². The number of benzene rings is 2. The fourth-order valence-electron chi connectivity index (χ4n) is 2.47. The normalized spacial score (nSPS) is 10.3. The third-order valence-corrected chi connectivity index (χ3v) is 4.03. The Kier molecular flexibility index (Phi) is 7.26. The molecule has 0 N–H and O–H groups in total. The maximum absolute atomic E-state index is 12.8. The molecule has 0 unspecified atom stereocenters. The molecule has 2 aromatic rings. The van der Waals surface area contributed by atoms with E-state index in [1.165, 1.54) is 12.1 Å². The topological polar surface area (TPSA) is 48.0 Å². The molecule has 26 heavy (non-hydrogen) atoms. The lowest BCUT2D eigenvalue weighted by Gasteiger charge is -2.18. The number of amides is 1. The highest BCUT2D eigenvalue weighted by Gasteiger charge is 2.12. The van der Waals surface area contributed by atoms with E-state index in [4.69, 9.17) is 14.2 Å². The van der Waals surface area contributed by atoms with Gasteiger partial charge in [-0.15, -0.1) is 0 Å². The Morgan fingerprint density at radius 2 is 1.73 bits per heavy atom. The number of halogens is 1. The summed E-state index contributed by atoms with van der Waals surface area (Å²) in [4.78, 5) is 13.9. The van der Waals surface area contributed by atoms with Gasteiger partial charge in [0.25, 0.3) is 0 Å². The van der Waals surface area contributed by atoms with E-state index in [9.17, 15) is 9.18 Å². The molecule has 1 amide bonds. The number of likely N-dealkylation sites (N-methyl/N-ethyl adjacent to an activating group) is 1. The van der Waals surface area contributed by atoms with Gasteiger partial charge in [0.2, 0.25) is 5.91 Å². The van der Waals surface area contributed by atoms with E-state index in [-0.39, 0.29) is 11.7 Å². The van der Waals surface area contributed by atoms with Crippen LogP contribution in [0.3, 0.4) is 0 Å². The molecule has 0 spiro atoms. The third-order valence-electron chi connectivity index (χ3n) is 4.03. The number of carbonyl (C=O) groups is 1. The van der Waals surface area contributed by atoms with Crippen molar-refractivity contribution in [1.82, 2.24) is 4.90 Å². The number of aryl methyl sites for hydroxylation is 1. The van der Waals surface area contributed by atoms with Crippen molar-refractivity contribution in [3.8, 4) is 17.2 Å². The maximum atomic E-state index is 12.8. The summed E-state index contributed by atoms with van der Waals surface area (Å²) in [7, 11) is 4.94. The average molecular weight is 361 g/mol. The molecule has 0 saturated heterocycles. The molecule has 2 rings (SSSR count). The summed E-state index contributed by atoms with van der Waals surface area (Å²) in [6.07, 6.45) is 0.916.